The smallest absolute Gasteiger partial charge is 0.240 e. The quantitative estimate of drug-likeness (QED) is 0.581. The molecule has 5 aliphatic carbocycles. The summed E-state index contributed by atoms with van der Waals surface area (Å²) in [6.45, 7) is 6.37. The third-order valence-electron chi connectivity index (χ3n) is 10.9. The van der Waals surface area contributed by atoms with Gasteiger partial charge >= 0.3 is 0 Å². The zero-order valence-electron chi connectivity index (χ0n) is 22.4. The van der Waals surface area contributed by atoms with Gasteiger partial charge in [-0.2, -0.15) is 0 Å². The van der Waals surface area contributed by atoms with E-state index in [-0.39, 0.29) is 17.0 Å². The second-order valence-electron chi connectivity index (χ2n) is 13.5. The van der Waals surface area contributed by atoms with Crippen LogP contribution in [0.4, 0.5) is 5.69 Å². The Kier molecular flexibility index (Phi) is 5.63. The predicted octanol–water partition coefficient (Wildman–Crippen LogP) is 5.28. The molecule has 36 heavy (non-hydrogen) atoms. The number of hydrogen-bond donors (Lipinski definition) is 0. The van der Waals surface area contributed by atoms with Crippen LogP contribution >= 0.6 is 0 Å². The van der Waals surface area contributed by atoms with E-state index in [4.69, 9.17) is 4.99 Å². The number of amidine groups is 1. The highest BCUT2D eigenvalue weighted by Gasteiger charge is 2.61. The minimum absolute atomic E-state index is 0.0678. The van der Waals surface area contributed by atoms with E-state index in [0.717, 1.165) is 68.3 Å². The second kappa shape index (κ2) is 8.66. The molecule has 0 unspecified atom stereocenters. The molecule has 0 radical (unpaired) electrons. The lowest BCUT2D eigenvalue weighted by molar-refractivity contribution is -0.130. The first-order valence-electron chi connectivity index (χ1n) is 14.9. The van der Waals surface area contributed by atoms with Crippen molar-refractivity contribution in [2.24, 2.45) is 28.2 Å². The molecule has 2 saturated heterocycles. The summed E-state index contributed by atoms with van der Waals surface area (Å²) in [5.41, 5.74) is 2.04. The molecule has 194 valence electrons. The molecular formula is C31H44N4O. The molecule has 7 aliphatic rings. The summed E-state index contributed by atoms with van der Waals surface area (Å²) in [6.07, 6.45) is 13.7. The van der Waals surface area contributed by atoms with Gasteiger partial charge in [0.25, 0.3) is 0 Å². The van der Waals surface area contributed by atoms with Gasteiger partial charge in [0, 0.05) is 26.2 Å². The number of benzene rings is 1. The van der Waals surface area contributed by atoms with Crippen LogP contribution in [0.15, 0.2) is 29.3 Å². The molecule has 1 aromatic rings. The van der Waals surface area contributed by atoms with E-state index in [1.54, 1.807) is 0 Å². The maximum Gasteiger partial charge on any atom is 0.240 e. The van der Waals surface area contributed by atoms with Crippen LogP contribution in [0.2, 0.25) is 0 Å². The number of piperazine rings is 1. The molecule has 2 aliphatic heterocycles. The van der Waals surface area contributed by atoms with E-state index in [1.165, 1.54) is 63.4 Å². The third kappa shape index (κ3) is 3.71. The Balaban J connectivity index is 1.37. The number of carbonyl (C=O) groups is 1. The van der Waals surface area contributed by atoms with Crippen LogP contribution in [-0.4, -0.2) is 66.4 Å². The maximum absolute atomic E-state index is 14.7. The highest BCUT2D eigenvalue weighted by Crippen LogP contribution is 2.58. The largest absolute Gasteiger partial charge is 0.304 e. The van der Waals surface area contributed by atoms with Crippen molar-refractivity contribution in [1.82, 2.24) is 9.80 Å². The summed E-state index contributed by atoms with van der Waals surface area (Å²) >= 11 is 0. The topological polar surface area (TPSA) is 39.2 Å². The number of likely N-dealkylation sites (N-methyl/N-ethyl adjacent to an activating group) is 1. The van der Waals surface area contributed by atoms with Crippen molar-refractivity contribution >= 4 is 17.4 Å². The van der Waals surface area contributed by atoms with Crippen molar-refractivity contribution < 1.29 is 4.79 Å². The summed E-state index contributed by atoms with van der Waals surface area (Å²) in [6, 6.07) is 8.81. The van der Waals surface area contributed by atoms with Crippen molar-refractivity contribution in [3.8, 4) is 0 Å². The van der Waals surface area contributed by atoms with Crippen LogP contribution in [0.1, 0.15) is 76.2 Å². The zero-order chi connectivity index (χ0) is 24.5. The Bertz CT molecular complexity index is 996. The molecule has 0 N–H and O–H groups in total. The Labute approximate surface area is 217 Å². The van der Waals surface area contributed by atoms with Crippen molar-refractivity contribution in [1.29, 1.82) is 0 Å². The van der Waals surface area contributed by atoms with E-state index in [0.29, 0.717) is 5.91 Å². The minimum Gasteiger partial charge on any atom is -0.304 e. The van der Waals surface area contributed by atoms with Crippen LogP contribution < -0.4 is 4.90 Å². The first kappa shape index (κ1) is 23.4. The summed E-state index contributed by atoms with van der Waals surface area (Å²) < 4.78 is 0. The van der Waals surface area contributed by atoms with Crippen LogP contribution in [-0.2, 0) is 4.79 Å². The number of aliphatic imine (C=N–C) groups is 1. The standard InChI is InChI=1S/C31H44N4O/c1-22-6-8-26(9-7-22)35-28(32-30-19-23-16-24(20-30)18-25(17-23)21-30)27(34-14-12-33(2)13-15-34)31(29(35)36)10-4-3-5-11-31/h6-9,23-25,27H,3-5,10-21H2,1-2H3/t23?,24?,25?,27-,30?/m1/s1. The lowest BCUT2D eigenvalue weighted by atomic mass is 9.53. The summed E-state index contributed by atoms with van der Waals surface area (Å²) in [4.78, 5) is 27.8. The van der Waals surface area contributed by atoms with E-state index >= 15 is 0 Å². The first-order valence-corrected chi connectivity index (χ1v) is 14.9. The van der Waals surface area contributed by atoms with E-state index in [1.807, 2.05) is 0 Å². The van der Waals surface area contributed by atoms with Gasteiger partial charge in [0.1, 0.15) is 5.84 Å². The van der Waals surface area contributed by atoms with Gasteiger partial charge in [-0.1, -0.05) is 37.0 Å². The fraction of sp³-hybridized carbons (Fsp3) is 0.742. The highest BCUT2D eigenvalue weighted by atomic mass is 16.2. The van der Waals surface area contributed by atoms with Crippen LogP contribution in [0.3, 0.4) is 0 Å². The van der Waals surface area contributed by atoms with Gasteiger partial charge in [-0.3, -0.25) is 19.6 Å². The molecule has 5 saturated carbocycles. The Hall–Kier alpha value is -1.72. The van der Waals surface area contributed by atoms with E-state index < -0.39 is 0 Å². The van der Waals surface area contributed by atoms with Crippen LogP contribution in [0, 0.1) is 30.1 Å². The lowest BCUT2D eigenvalue weighted by Gasteiger charge is -2.55. The molecule has 1 amide bonds. The van der Waals surface area contributed by atoms with E-state index in [2.05, 4.69) is 52.9 Å². The molecule has 5 heteroatoms. The predicted molar refractivity (Wildman–Crippen MR) is 145 cm³/mol. The fourth-order valence-corrected chi connectivity index (χ4v) is 9.58. The van der Waals surface area contributed by atoms with Crippen LogP contribution in [0.5, 0.6) is 0 Å². The molecule has 8 rings (SSSR count). The number of amides is 1. The normalized spacial score (nSPS) is 39.6. The minimum atomic E-state index is -0.305. The average molecular weight is 489 g/mol. The molecule has 5 nitrogen and oxygen atoms in total. The number of rotatable bonds is 3. The Morgan fingerprint density at radius 3 is 2.00 bits per heavy atom. The maximum atomic E-state index is 14.7. The van der Waals surface area contributed by atoms with Gasteiger partial charge < -0.3 is 4.90 Å². The first-order chi connectivity index (χ1) is 17.4. The Morgan fingerprint density at radius 1 is 0.833 bits per heavy atom. The molecule has 0 aromatic heterocycles. The molecule has 7 fully saturated rings. The fourth-order valence-electron chi connectivity index (χ4n) is 9.58. The third-order valence-corrected chi connectivity index (χ3v) is 10.9. The number of anilines is 1. The summed E-state index contributed by atoms with van der Waals surface area (Å²) in [5.74, 6) is 4.04. The number of hydrogen-bond acceptors (Lipinski definition) is 4. The van der Waals surface area contributed by atoms with Gasteiger partial charge in [-0.15, -0.1) is 0 Å². The van der Waals surface area contributed by atoms with Crippen molar-refractivity contribution in [2.45, 2.75) is 89.1 Å². The summed E-state index contributed by atoms with van der Waals surface area (Å²) in [7, 11) is 2.23. The van der Waals surface area contributed by atoms with Gasteiger partial charge in [-0.25, -0.2) is 0 Å². The van der Waals surface area contributed by atoms with Gasteiger partial charge in [0.15, 0.2) is 0 Å². The van der Waals surface area contributed by atoms with Crippen molar-refractivity contribution in [3.63, 3.8) is 0 Å². The highest BCUT2D eigenvalue weighted by molar-refractivity contribution is 6.27. The molecule has 1 spiro atoms. The number of nitrogens with zero attached hydrogens (tertiary/aromatic N) is 4. The average Bonchev–Trinajstić information content (AvgIpc) is 3.06. The van der Waals surface area contributed by atoms with Gasteiger partial charge in [-0.05, 0) is 95.2 Å². The second-order valence-corrected chi connectivity index (χ2v) is 13.5. The van der Waals surface area contributed by atoms with Crippen molar-refractivity contribution in [2.75, 3.05) is 38.1 Å². The van der Waals surface area contributed by atoms with E-state index in [9.17, 15) is 4.79 Å². The van der Waals surface area contributed by atoms with Gasteiger partial charge in [0.2, 0.25) is 5.91 Å². The molecule has 1 aromatic carbocycles. The SMILES string of the molecule is Cc1ccc(N2C(=O)C3(CCCCC3)[C@H](N3CCN(C)CC3)C2=NC23CC4CC(CC(C4)C2)C3)cc1. The van der Waals surface area contributed by atoms with Gasteiger partial charge in [0.05, 0.1) is 22.7 Å². The zero-order valence-corrected chi connectivity index (χ0v) is 22.4. The number of aryl methyl sites for hydroxylation is 1. The van der Waals surface area contributed by atoms with Crippen LogP contribution in [0.25, 0.3) is 0 Å². The molecular weight excluding hydrogens is 444 g/mol. The lowest BCUT2D eigenvalue weighted by Crippen LogP contribution is -2.58. The summed E-state index contributed by atoms with van der Waals surface area (Å²) in [5, 5.41) is 0. The number of carbonyl (C=O) groups excluding carboxylic acids is 1. The Morgan fingerprint density at radius 2 is 1.42 bits per heavy atom. The molecule has 1 atom stereocenters. The van der Waals surface area contributed by atoms with Crippen molar-refractivity contribution in [3.05, 3.63) is 29.8 Å². The molecule has 4 bridgehead atoms. The molecule has 2 heterocycles. The monoisotopic (exact) mass is 488 g/mol.